The molecule has 1 N–H and O–H groups in total. The third-order valence-electron chi connectivity index (χ3n) is 3.34. The van der Waals surface area contributed by atoms with Crippen molar-refractivity contribution in [2.24, 2.45) is 0 Å². The number of hydrogen-bond acceptors (Lipinski definition) is 5. The Labute approximate surface area is 149 Å². The molecule has 4 nitrogen and oxygen atoms in total. The van der Waals surface area contributed by atoms with Crippen LogP contribution in [0.15, 0.2) is 65.0 Å². The standard InChI is InChI=1S/C18H17N3OS2/c22-16(12-11-14-7-3-1-4-8-14)19-17-20-21-18(24-17)23-13-15-9-5-2-6-10-15/h1-10H,11-13H2,(H,19,20,22). The lowest BCUT2D eigenvalue weighted by Gasteiger charge is -2.01. The smallest absolute Gasteiger partial charge is 0.226 e. The van der Waals surface area contributed by atoms with Crippen LogP contribution < -0.4 is 5.32 Å². The zero-order valence-electron chi connectivity index (χ0n) is 13.0. The van der Waals surface area contributed by atoms with Gasteiger partial charge in [0.15, 0.2) is 4.34 Å². The molecular formula is C18H17N3OS2. The van der Waals surface area contributed by atoms with E-state index in [1.54, 1.807) is 11.8 Å². The number of anilines is 1. The molecule has 2 aromatic carbocycles. The Morgan fingerprint density at radius 3 is 2.33 bits per heavy atom. The SMILES string of the molecule is O=C(CCc1ccccc1)Nc1nnc(SCc2ccccc2)s1. The lowest BCUT2D eigenvalue weighted by Crippen LogP contribution is -2.12. The van der Waals surface area contributed by atoms with E-state index in [4.69, 9.17) is 0 Å². The molecule has 0 aliphatic carbocycles. The van der Waals surface area contributed by atoms with Crippen LogP contribution in [0.1, 0.15) is 17.5 Å². The number of carbonyl (C=O) groups is 1. The van der Waals surface area contributed by atoms with Crippen molar-refractivity contribution in [1.82, 2.24) is 10.2 Å². The van der Waals surface area contributed by atoms with Crippen molar-refractivity contribution in [2.45, 2.75) is 22.9 Å². The summed E-state index contributed by atoms with van der Waals surface area (Å²) in [5, 5.41) is 11.5. The van der Waals surface area contributed by atoms with Crippen LogP contribution in [0.25, 0.3) is 0 Å². The Bertz CT molecular complexity index is 775. The Morgan fingerprint density at radius 2 is 1.62 bits per heavy atom. The molecule has 1 aromatic heterocycles. The second-order valence-corrected chi connectivity index (χ2v) is 7.38. The van der Waals surface area contributed by atoms with Gasteiger partial charge in [-0.05, 0) is 17.5 Å². The fourth-order valence-electron chi connectivity index (χ4n) is 2.12. The van der Waals surface area contributed by atoms with Crippen LogP contribution in [0, 0.1) is 0 Å². The number of rotatable bonds is 7. The predicted octanol–water partition coefficient (Wildman–Crippen LogP) is 4.40. The summed E-state index contributed by atoms with van der Waals surface area (Å²) in [7, 11) is 0. The zero-order chi connectivity index (χ0) is 16.6. The van der Waals surface area contributed by atoms with E-state index in [-0.39, 0.29) is 5.91 Å². The number of aryl methyl sites for hydroxylation is 1. The minimum absolute atomic E-state index is 0.0328. The normalized spacial score (nSPS) is 10.5. The van der Waals surface area contributed by atoms with Crippen molar-refractivity contribution in [3.8, 4) is 0 Å². The maximum atomic E-state index is 12.0. The lowest BCUT2D eigenvalue weighted by molar-refractivity contribution is -0.116. The first-order valence-corrected chi connectivity index (χ1v) is 9.44. The molecular weight excluding hydrogens is 338 g/mol. The van der Waals surface area contributed by atoms with E-state index < -0.39 is 0 Å². The molecule has 24 heavy (non-hydrogen) atoms. The third kappa shape index (κ3) is 5.18. The van der Waals surface area contributed by atoms with Gasteiger partial charge < -0.3 is 5.32 Å². The van der Waals surface area contributed by atoms with E-state index in [9.17, 15) is 4.79 Å². The van der Waals surface area contributed by atoms with Crippen LogP contribution in [0.3, 0.4) is 0 Å². The number of nitrogens with zero attached hydrogens (tertiary/aromatic N) is 2. The van der Waals surface area contributed by atoms with Crippen LogP contribution in [-0.4, -0.2) is 16.1 Å². The fraction of sp³-hybridized carbons (Fsp3) is 0.167. The number of benzene rings is 2. The van der Waals surface area contributed by atoms with Crippen LogP contribution in [0.4, 0.5) is 5.13 Å². The van der Waals surface area contributed by atoms with E-state index in [2.05, 4.69) is 27.6 Å². The average molecular weight is 355 g/mol. The average Bonchev–Trinajstić information content (AvgIpc) is 3.07. The van der Waals surface area contributed by atoms with Crippen LogP contribution in [0.5, 0.6) is 0 Å². The minimum atomic E-state index is -0.0328. The van der Waals surface area contributed by atoms with Gasteiger partial charge in [0.05, 0.1) is 0 Å². The summed E-state index contributed by atoms with van der Waals surface area (Å²) in [5.74, 6) is 0.812. The molecule has 122 valence electrons. The number of carbonyl (C=O) groups excluding carboxylic acids is 1. The summed E-state index contributed by atoms with van der Waals surface area (Å²) in [5.41, 5.74) is 2.40. The molecule has 6 heteroatoms. The second kappa shape index (κ2) is 8.61. The van der Waals surface area contributed by atoms with Crippen molar-refractivity contribution in [1.29, 1.82) is 0 Å². The van der Waals surface area contributed by atoms with Crippen molar-refractivity contribution < 1.29 is 4.79 Å². The van der Waals surface area contributed by atoms with E-state index in [0.717, 1.165) is 22.1 Å². The van der Waals surface area contributed by atoms with E-state index in [1.165, 1.54) is 16.9 Å². The molecule has 1 heterocycles. The van der Waals surface area contributed by atoms with Gasteiger partial charge in [-0.2, -0.15) is 0 Å². The van der Waals surface area contributed by atoms with Crippen molar-refractivity contribution in [2.75, 3.05) is 5.32 Å². The minimum Gasteiger partial charge on any atom is -0.300 e. The van der Waals surface area contributed by atoms with Gasteiger partial charge in [-0.3, -0.25) is 4.79 Å². The Kier molecular flexibility index (Phi) is 5.98. The van der Waals surface area contributed by atoms with Crippen LogP contribution >= 0.6 is 23.1 Å². The van der Waals surface area contributed by atoms with E-state index in [1.807, 2.05) is 48.5 Å². The van der Waals surface area contributed by atoms with E-state index >= 15 is 0 Å². The van der Waals surface area contributed by atoms with Gasteiger partial charge in [-0.15, -0.1) is 10.2 Å². The number of amides is 1. The first-order valence-electron chi connectivity index (χ1n) is 7.63. The van der Waals surface area contributed by atoms with Gasteiger partial charge in [-0.1, -0.05) is 83.8 Å². The maximum Gasteiger partial charge on any atom is 0.226 e. The monoisotopic (exact) mass is 355 g/mol. The molecule has 0 unspecified atom stereocenters. The Balaban J connectivity index is 1.46. The first-order chi connectivity index (χ1) is 11.8. The summed E-state index contributed by atoms with van der Waals surface area (Å²) in [4.78, 5) is 12.0. The number of hydrogen-bond donors (Lipinski definition) is 1. The molecule has 1 amide bonds. The quantitative estimate of drug-likeness (QED) is 0.504. The molecule has 0 saturated carbocycles. The fourth-order valence-corrected chi connectivity index (χ4v) is 3.85. The summed E-state index contributed by atoms with van der Waals surface area (Å²) >= 11 is 3.04. The van der Waals surface area contributed by atoms with Crippen molar-refractivity contribution in [3.63, 3.8) is 0 Å². The third-order valence-corrected chi connectivity index (χ3v) is 5.38. The number of aromatic nitrogens is 2. The molecule has 3 aromatic rings. The topological polar surface area (TPSA) is 54.9 Å². The zero-order valence-corrected chi connectivity index (χ0v) is 14.6. The molecule has 0 aliphatic rings. The molecule has 0 bridgehead atoms. The molecule has 0 aliphatic heterocycles. The van der Waals surface area contributed by atoms with Gasteiger partial charge in [0.1, 0.15) is 0 Å². The van der Waals surface area contributed by atoms with Crippen molar-refractivity contribution in [3.05, 3.63) is 71.8 Å². The molecule has 0 atom stereocenters. The van der Waals surface area contributed by atoms with Crippen LogP contribution in [-0.2, 0) is 17.0 Å². The Morgan fingerprint density at radius 1 is 0.958 bits per heavy atom. The summed E-state index contributed by atoms with van der Waals surface area (Å²) in [6.45, 7) is 0. The van der Waals surface area contributed by atoms with Crippen LogP contribution in [0.2, 0.25) is 0 Å². The maximum absolute atomic E-state index is 12.0. The largest absolute Gasteiger partial charge is 0.300 e. The van der Waals surface area contributed by atoms with Gasteiger partial charge in [0.25, 0.3) is 0 Å². The van der Waals surface area contributed by atoms with E-state index in [0.29, 0.717) is 11.6 Å². The van der Waals surface area contributed by atoms with Crippen molar-refractivity contribution >= 4 is 34.1 Å². The molecule has 0 spiro atoms. The highest BCUT2D eigenvalue weighted by Gasteiger charge is 2.09. The summed E-state index contributed by atoms with van der Waals surface area (Å²) in [6.07, 6.45) is 1.16. The first kappa shape index (κ1) is 16.7. The number of nitrogens with one attached hydrogen (secondary N) is 1. The van der Waals surface area contributed by atoms with Gasteiger partial charge in [0, 0.05) is 12.2 Å². The highest BCUT2D eigenvalue weighted by atomic mass is 32.2. The highest BCUT2D eigenvalue weighted by Crippen LogP contribution is 2.28. The van der Waals surface area contributed by atoms with Gasteiger partial charge in [0.2, 0.25) is 11.0 Å². The highest BCUT2D eigenvalue weighted by molar-refractivity contribution is 8.00. The lowest BCUT2D eigenvalue weighted by atomic mass is 10.1. The van der Waals surface area contributed by atoms with Gasteiger partial charge >= 0.3 is 0 Å². The summed E-state index contributed by atoms with van der Waals surface area (Å²) < 4.78 is 0.859. The second-order valence-electron chi connectivity index (χ2n) is 5.18. The molecule has 3 rings (SSSR count). The molecule has 0 fully saturated rings. The van der Waals surface area contributed by atoms with Gasteiger partial charge in [-0.25, -0.2) is 0 Å². The number of thioether (sulfide) groups is 1. The predicted molar refractivity (Wildman–Crippen MR) is 99.3 cm³/mol. The molecule has 0 saturated heterocycles. The Hall–Kier alpha value is -2.18. The molecule has 0 radical (unpaired) electrons. The summed E-state index contributed by atoms with van der Waals surface area (Å²) in [6, 6.07) is 20.2.